The van der Waals surface area contributed by atoms with Gasteiger partial charge in [-0.2, -0.15) is 0 Å². The number of sulfone groups is 2. The molecule has 17 nitrogen and oxygen atoms in total. The summed E-state index contributed by atoms with van der Waals surface area (Å²) in [7, 11) is -14.5. The maximum absolute atomic E-state index is 13.5. The van der Waals surface area contributed by atoms with Gasteiger partial charge in [0.25, 0.3) is 11.8 Å². The minimum atomic E-state index is -3.82. The first-order valence-corrected chi connectivity index (χ1v) is 29.0. The van der Waals surface area contributed by atoms with Gasteiger partial charge in [0.1, 0.15) is 18.8 Å². The molecule has 4 aromatic rings. The molecule has 0 radical (unpaired) electrons. The standard InChI is InChI=1S/C23H29N3O6S2.C23H29N3O5S2/c1-17-5-8-21(18(2)15-17)26(28)12-10-24(11-13-26)23(27)20-7-6-19(16-22(20)33(3,29)30)25-9-4-14-34(25,31)32;1-17-5-8-21(18(2)15-17)24-10-12-25(13-11-24)23(27)20-7-6-19(16-22(20)32(3,28)29)26-9-4-14-33(26,30)31/h5-8,15-16H,4,9-14H2,1-3H3;5-8,15-16H,4,9-14H2,1-3H3. The molecule has 4 heterocycles. The fraction of sp³-hybridized carbons (Fsp3) is 0.435. The lowest BCUT2D eigenvalue weighted by Crippen LogP contribution is -2.58. The first kappa shape index (κ1) is 49.8. The van der Waals surface area contributed by atoms with Crippen molar-refractivity contribution in [2.45, 2.75) is 50.3 Å². The Morgan fingerprint density at radius 3 is 1.39 bits per heavy atom. The number of aryl methyl sites for hydroxylation is 4. The Morgan fingerprint density at radius 1 is 0.552 bits per heavy atom. The SMILES string of the molecule is Cc1ccc(N2CCN(C(=O)c3ccc(N4CCCS4(=O)=O)cc3S(C)(=O)=O)CC2)c(C)c1.Cc1ccc([N+]2([O-])CCN(C(=O)c3ccc(N4CCCS4(=O)=O)cc3S(C)(=O)=O)CC2)c(C)c1. The van der Waals surface area contributed by atoms with Crippen LogP contribution in [0.1, 0.15) is 55.8 Å². The van der Waals surface area contributed by atoms with Gasteiger partial charge >= 0.3 is 0 Å². The van der Waals surface area contributed by atoms with Crippen LogP contribution in [0.5, 0.6) is 0 Å². The van der Waals surface area contributed by atoms with Crippen LogP contribution in [0, 0.1) is 32.9 Å². The molecular formula is C46H58N6O11S4. The largest absolute Gasteiger partial charge is 0.627 e. The van der Waals surface area contributed by atoms with Crippen LogP contribution in [0.25, 0.3) is 0 Å². The van der Waals surface area contributed by atoms with E-state index in [1.54, 1.807) is 4.90 Å². The van der Waals surface area contributed by atoms with E-state index >= 15 is 0 Å². The van der Waals surface area contributed by atoms with E-state index < -0.39 is 50.3 Å². The van der Waals surface area contributed by atoms with Gasteiger partial charge in [0.15, 0.2) is 19.7 Å². The van der Waals surface area contributed by atoms with Gasteiger partial charge in [0.05, 0.1) is 56.9 Å². The summed E-state index contributed by atoms with van der Waals surface area (Å²) >= 11 is 0. The van der Waals surface area contributed by atoms with Gasteiger partial charge in [-0.05, 0) is 94.6 Å². The Kier molecular flexibility index (Phi) is 14.0. The van der Waals surface area contributed by atoms with Crippen LogP contribution in [0.15, 0.2) is 82.6 Å². The predicted octanol–water partition coefficient (Wildman–Crippen LogP) is 4.42. The van der Waals surface area contributed by atoms with E-state index in [2.05, 4.69) is 36.9 Å². The fourth-order valence-electron chi connectivity index (χ4n) is 9.30. The van der Waals surface area contributed by atoms with Crippen LogP contribution < -0.4 is 18.2 Å². The van der Waals surface area contributed by atoms with Gasteiger partial charge in [0.2, 0.25) is 20.0 Å². The molecule has 362 valence electrons. The molecule has 8 rings (SSSR count). The highest BCUT2D eigenvalue weighted by Crippen LogP contribution is 2.33. The second-order valence-electron chi connectivity index (χ2n) is 17.9. The Hall–Kier alpha value is -5.06. The third-order valence-electron chi connectivity index (χ3n) is 12.8. The van der Waals surface area contributed by atoms with Gasteiger partial charge in [-0.15, -0.1) is 0 Å². The van der Waals surface area contributed by atoms with Crippen molar-refractivity contribution < 1.29 is 43.3 Å². The average Bonchev–Trinajstić information content (AvgIpc) is 3.81. The number of carbonyl (C=O) groups is 2. The molecule has 4 aliphatic rings. The first-order valence-electron chi connectivity index (χ1n) is 22.0. The lowest BCUT2D eigenvalue weighted by Gasteiger charge is -2.48. The molecule has 4 aliphatic heterocycles. The highest BCUT2D eigenvalue weighted by molar-refractivity contribution is 7.93. The number of quaternary nitrogens is 1. The predicted molar refractivity (Wildman–Crippen MR) is 261 cm³/mol. The minimum Gasteiger partial charge on any atom is -0.627 e. The van der Waals surface area contributed by atoms with E-state index in [-0.39, 0.29) is 82.4 Å². The van der Waals surface area contributed by atoms with Crippen molar-refractivity contribution in [2.24, 2.45) is 0 Å². The maximum atomic E-state index is 13.5. The summed E-state index contributed by atoms with van der Waals surface area (Å²) in [5, 5.41) is 13.5. The second-order valence-corrected chi connectivity index (χ2v) is 25.9. The van der Waals surface area contributed by atoms with Crippen molar-refractivity contribution in [3.63, 3.8) is 0 Å². The molecule has 4 aromatic carbocycles. The highest BCUT2D eigenvalue weighted by Gasteiger charge is 2.36. The van der Waals surface area contributed by atoms with E-state index in [1.807, 2.05) is 32.0 Å². The van der Waals surface area contributed by atoms with Crippen molar-refractivity contribution in [1.29, 1.82) is 0 Å². The summed E-state index contributed by atoms with van der Waals surface area (Å²) in [5.74, 6) is -0.799. The van der Waals surface area contributed by atoms with E-state index in [0.717, 1.165) is 29.3 Å². The number of carbonyl (C=O) groups excluding carboxylic acids is 2. The molecule has 0 aliphatic carbocycles. The third-order valence-corrected chi connectivity index (χ3v) is 18.8. The number of anilines is 3. The number of hydrogen-bond donors (Lipinski definition) is 0. The number of hydrogen-bond acceptors (Lipinski definition) is 12. The number of benzene rings is 4. The summed E-state index contributed by atoms with van der Waals surface area (Å²) < 4.78 is 101. The zero-order valence-corrected chi connectivity index (χ0v) is 41.9. The highest BCUT2D eigenvalue weighted by atomic mass is 32.2. The lowest BCUT2D eigenvalue weighted by atomic mass is 10.1. The molecule has 0 N–H and O–H groups in total. The Labute approximate surface area is 394 Å². The van der Waals surface area contributed by atoms with Crippen LogP contribution in [0.3, 0.4) is 0 Å². The number of hydroxylamine groups is 2. The van der Waals surface area contributed by atoms with Crippen LogP contribution in [0.4, 0.5) is 22.7 Å². The van der Waals surface area contributed by atoms with Gasteiger partial charge in [0, 0.05) is 63.0 Å². The van der Waals surface area contributed by atoms with Gasteiger partial charge in [-0.1, -0.05) is 35.4 Å². The van der Waals surface area contributed by atoms with Crippen molar-refractivity contribution in [1.82, 2.24) is 14.4 Å². The Balaban J connectivity index is 0.000000199. The number of amides is 2. The van der Waals surface area contributed by atoms with Crippen molar-refractivity contribution in [3.8, 4) is 0 Å². The molecule has 0 unspecified atom stereocenters. The zero-order chi connectivity index (χ0) is 48.9. The molecule has 0 aromatic heterocycles. The lowest BCUT2D eigenvalue weighted by molar-refractivity contribution is 0.0678. The summed E-state index contributed by atoms with van der Waals surface area (Å²) in [6.45, 7) is 11.5. The smallest absolute Gasteiger partial charge is 0.255 e. The molecule has 2 amide bonds. The molecule has 4 fully saturated rings. The van der Waals surface area contributed by atoms with E-state index in [4.69, 9.17) is 0 Å². The number of piperazine rings is 2. The molecular weight excluding hydrogens is 941 g/mol. The monoisotopic (exact) mass is 998 g/mol. The molecule has 0 saturated carbocycles. The summed E-state index contributed by atoms with van der Waals surface area (Å²) in [5.41, 5.74) is 6.75. The van der Waals surface area contributed by atoms with Crippen LogP contribution in [-0.2, 0) is 39.7 Å². The Bertz CT molecular complexity index is 3060. The summed E-state index contributed by atoms with van der Waals surface area (Å²) in [4.78, 5) is 31.6. The zero-order valence-electron chi connectivity index (χ0n) is 38.6. The van der Waals surface area contributed by atoms with Gasteiger partial charge < -0.3 is 24.6 Å². The molecule has 21 heteroatoms. The topological polar surface area (TPSA) is 210 Å². The van der Waals surface area contributed by atoms with Crippen molar-refractivity contribution in [3.05, 3.63) is 111 Å². The quantitative estimate of drug-likeness (QED) is 0.178. The minimum absolute atomic E-state index is 0.00528. The summed E-state index contributed by atoms with van der Waals surface area (Å²) in [6, 6.07) is 20.4. The molecule has 0 atom stereocenters. The summed E-state index contributed by atoms with van der Waals surface area (Å²) in [6.07, 6.45) is 2.99. The number of nitrogens with zero attached hydrogens (tertiary/aromatic N) is 6. The maximum Gasteiger partial charge on any atom is 0.255 e. The first-order chi connectivity index (χ1) is 31.3. The number of rotatable bonds is 8. The van der Waals surface area contributed by atoms with E-state index in [1.165, 1.54) is 61.0 Å². The van der Waals surface area contributed by atoms with E-state index in [9.17, 15) is 48.5 Å². The average molecular weight is 999 g/mol. The molecule has 4 saturated heterocycles. The number of sulfonamides is 2. The van der Waals surface area contributed by atoms with Gasteiger partial charge in [-0.25, -0.2) is 33.7 Å². The third kappa shape index (κ3) is 10.7. The van der Waals surface area contributed by atoms with Gasteiger partial charge in [-0.3, -0.25) is 18.2 Å². The molecule has 67 heavy (non-hydrogen) atoms. The van der Waals surface area contributed by atoms with Crippen LogP contribution in [-0.4, -0.2) is 145 Å². The van der Waals surface area contributed by atoms with Crippen molar-refractivity contribution in [2.75, 3.05) is 103 Å². The van der Waals surface area contributed by atoms with Crippen LogP contribution >= 0.6 is 0 Å². The Morgan fingerprint density at radius 2 is 0.985 bits per heavy atom. The normalized spacial score (nSPS) is 19.2. The molecule has 0 bridgehead atoms. The fourth-order valence-corrected chi connectivity index (χ4v) is 14.2. The van der Waals surface area contributed by atoms with Crippen molar-refractivity contribution >= 4 is 74.3 Å². The second kappa shape index (κ2) is 18.8. The van der Waals surface area contributed by atoms with E-state index in [0.29, 0.717) is 51.3 Å². The van der Waals surface area contributed by atoms with Crippen LogP contribution in [0.2, 0.25) is 0 Å². The molecule has 0 spiro atoms.